The van der Waals surface area contributed by atoms with Gasteiger partial charge < -0.3 is 40.2 Å². The van der Waals surface area contributed by atoms with Gasteiger partial charge in [-0.2, -0.15) is 0 Å². The Morgan fingerprint density at radius 1 is 0.617 bits per heavy atom. The largest absolute Gasteiger partial charge is 0.481 e. The third-order valence-corrected chi connectivity index (χ3v) is 7.55. The summed E-state index contributed by atoms with van der Waals surface area (Å²) in [6.07, 6.45) is 17.0. The Morgan fingerprint density at radius 3 is 1.53 bits per heavy atom. The van der Waals surface area contributed by atoms with E-state index in [1.165, 1.54) is 44.9 Å². The van der Waals surface area contributed by atoms with Gasteiger partial charge in [0.1, 0.15) is 12.1 Å². The molecule has 0 aliphatic heterocycles. The van der Waals surface area contributed by atoms with Crippen molar-refractivity contribution in [3.05, 3.63) is 0 Å². The maximum Gasteiger partial charge on any atom is 0.320 e. The number of unbranched alkanes of at least 4 members (excludes halogenated alkanes) is 13. The van der Waals surface area contributed by atoms with Gasteiger partial charge in [-0.1, -0.05) is 77.0 Å². The minimum atomic E-state index is -1.17. The van der Waals surface area contributed by atoms with Gasteiger partial charge in [-0.3, -0.25) is 24.0 Å². The van der Waals surface area contributed by atoms with Crippen molar-refractivity contribution < 1.29 is 53.1 Å². The summed E-state index contributed by atoms with van der Waals surface area (Å²) >= 11 is 0. The molecule has 0 saturated heterocycles. The number of nitrogens with two attached hydrogens (primary N) is 1. The molecule has 0 rings (SSSR count). The summed E-state index contributed by atoms with van der Waals surface area (Å²) in [5, 5.41) is 20.2. The zero-order valence-corrected chi connectivity index (χ0v) is 28.4. The molecule has 1 unspecified atom stereocenters. The van der Waals surface area contributed by atoms with E-state index >= 15 is 0 Å². The molecule has 0 heterocycles. The number of hydrogen-bond donors (Lipinski definition) is 4. The van der Waals surface area contributed by atoms with Gasteiger partial charge in [0.2, 0.25) is 12.2 Å². The summed E-state index contributed by atoms with van der Waals surface area (Å²) < 4.78 is 21.8. The van der Waals surface area contributed by atoms with Gasteiger partial charge in [0.15, 0.2) is 5.78 Å². The van der Waals surface area contributed by atoms with Crippen LogP contribution in [-0.2, 0) is 42.9 Å². The molecule has 0 spiro atoms. The molecule has 1 amide bonds. The van der Waals surface area contributed by atoms with Crippen LogP contribution in [0.5, 0.6) is 0 Å². The Bertz CT molecular complexity index is 813. The number of ether oxygens (including phenoxy) is 4. The molecule has 13 nitrogen and oxygen atoms in total. The van der Waals surface area contributed by atoms with E-state index in [0.29, 0.717) is 39.5 Å². The number of carbonyl (C=O) groups is 4. The molecule has 13 heteroatoms. The molecule has 0 aliphatic carbocycles. The van der Waals surface area contributed by atoms with Crippen molar-refractivity contribution in [1.82, 2.24) is 5.32 Å². The van der Waals surface area contributed by atoms with Crippen LogP contribution in [0.25, 0.3) is 0 Å². The zero-order valence-electron chi connectivity index (χ0n) is 28.4. The van der Waals surface area contributed by atoms with Crippen LogP contribution in [0.2, 0.25) is 0 Å². The molecule has 47 heavy (non-hydrogen) atoms. The van der Waals surface area contributed by atoms with E-state index in [1.54, 1.807) is 6.29 Å². The second-order valence-electron chi connectivity index (χ2n) is 11.7. The first-order chi connectivity index (χ1) is 22.8. The highest BCUT2D eigenvalue weighted by atomic mass is 16.6. The Morgan fingerprint density at radius 2 is 1.06 bits per heavy atom. The van der Waals surface area contributed by atoms with E-state index < -0.39 is 30.0 Å². The SMILES string of the molecule is N[C@@H](CCC(=O)NCC(OCCOCCOCCOCC[C]=O)C(=O)CCCCCCCCCCCCCCCCC(=O)O)C(=O)O. The standard InChI is InChI=1S/C34H61N2O11/c35-29(34(42)43)18-19-32(39)36-28-31(47-27-26-46-25-24-45-23-22-44-21-15-20-37)30(38)16-13-11-9-7-5-3-1-2-4-6-8-10-12-14-17-33(40)41/h29,31H,1-19,21-28,35H2,(H,36,39)(H,40,41)(H,42,43)/t29-,31?/m0/s1. The number of amides is 1. The topological polar surface area (TPSA) is 201 Å². The Kier molecular flexibility index (Phi) is 31.7. The second kappa shape index (κ2) is 33.5. The molecule has 2 atom stereocenters. The molecule has 273 valence electrons. The molecule has 0 saturated carbocycles. The molecule has 5 N–H and O–H groups in total. The summed E-state index contributed by atoms with van der Waals surface area (Å²) in [6.45, 7) is 2.18. The van der Waals surface area contributed by atoms with Gasteiger partial charge in [-0.05, 0) is 19.3 Å². The molecule has 1 radical (unpaired) electrons. The summed E-state index contributed by atoms with van der Waals surface area (Å²) in [7, 11) is 0. The lowest BCUT2D eigenvalue weighted by Gasteiger charge is -2.18. The van der Waals surface area contributed by atoms with Crippen LogP contribution in [0.4, 0.5) is 0 Å². The predicted molar refractivity (Wildman–Crippen MR) is 177 cm³/mol. The van der Waals surface area contributed by atoms with Crippen molar-refractivity contribution in [2.75, 3.05) is 52.8 Å². The lowest BCUT2D eigenvalue weighted by atomic mass is 10.0. The van der Waals surface area contributed by atoms with E-state index in [1.807, 2.05) is 0 Å². The van der Waals surface area contributed by atoms with Crippen LogP contribution < -0.4 is 11.1 Å². The maximum absolute atomic E-state index is 12.9. The number of rotatable bonds is 37. The molecule has 0 bridgehead atoms. The molecular weight excluding hydrogens is 612 g/mol. The number of carboxylic acid groups (broad SMARTS) is 2. The predicted octanol–water partition coefficient (Wildman–Crippen LogP) is 4.12. The minimum Gasteiger partial charge on any atom is -0.481 e. The number of ketones is 1. The van der Waals surface area contributed by atoms with Crippen molar-refractivity contribution in [3.8, 4) is 0 Å². The molecule has 0 aromatic carbocycles. The van der Waals surface area contributed by atoms with Crippen molar-refractivity contribution in [2.45, 2.75) is 134 Å². The zero-order chi connectivity index (χ0) is 34.8. The molecule has 0 aromatic heterocycles. The van der Waals surface area contributed by atoms with Crippen molar-refractivity contribution in [1.29, 1.82) is 0 Å². The number of carboxylic acids is 2. The monoisotopic (exact) mass is 673 g/mol. The van der Waals surface area contributed by atoms with Crippen molar-refractivity contribution >= 4 is 29.9 Å². The maximum atomic E-state index is 12.9. The molecule has 0 aromatic rings. The highest BCUT2D eigenvalue weighted by molar-refractivity contribution is 5.84. The number of aliphatic carboxylic acids is 2. The van der Waals surface area contributed by atoms with Crippen LogP contribution >= 0.6 is 0 Å². The highest BCUT2D eigenvalue weighted by Crippen LogP contribution is 2.14. The third kappa shape index (κ3) is 31.9. The van der Waals surface area contributed by atoms with Crippen LogP contribution in [0.3, 0.4) is 0 Å². The average molecular weight is 674 g/mol. The van der Waals surface area contributed by atoms with Crippen molar-refractivity contribution in [3.63, 3.8) is 0 Å². The van der Waals surface area contributed by atoms with Gasteiger partial charge >= 0.3 is 11.9 Å². The fourth-order valence-corrected chi connectivity index (χ4v) is 4.73. The van der Waals surface area contributed by atoms with Crippen LogP contribution in [-0.4, -0.2) is 105 Å². The summed E-state index contributed by atoms with van der Waals surface area (Å²) in [5.41, 5.74) is 5.47. The van der Waals surface area contributed by atoms with Crippen LogP contribution in [0, 0.1) is 0 Å². The van der Waals surface area contributed by atoms with E-state index in [2.05, 4.69) is 5.32 Å². The lowest BCUT2D eigenvalue weighted by Crippen LogP contribution is -2.40. The van der Waals surface area contributed by atoms with Gasteiger partial charge in [-0.15, -0.1) is 0 Å². The molecule has 0 fully saturated rings. The Hall–Kier alpha value is -2.45. The highest BCUT2D eigenvalue weighted by Gasteiger charge is 2.20. The average Bonchev–Trinajstić information content (AvgIpc) is 3.04. The van der Waals surface area contributed by atoms with E-state index in [9.17, 15) is 24.0 Å². The Labute approximate surface area is 281 Å². The molecular formula is C34H61N2O11. The molecule has 0 aliphatic rings. The van der Waals surface area contributed by atoms with Crippen LogP contribution in [0.1, 0.15) is 122 Å². The van der Waals surface area contributed by atoms with E-state index in [0.717, 1.165) is 44.9 Å². The summed E-state index contributed by atoms with van der Waals surface area (Å²) in [5.74, 6) is -2.36. The number of nitrogens with one attached hydrogen (secondary N) is 1. The first-order valence-electron chi connectivity index (χ1n) is 17.5. The first kappa shape index (κ1) is 44.5. The van der Waals surface area contributed by atoms with Crippen LogP contribution in [0.15, 0.2) is 0 Å². The normalized spacial score (nSPS) is 12.4. The van der Waals surface area contributed by atoms with Gasteiger partial charge in [0.05, 0.1) is 52.8 Å². The minimum absolute atomic E-state index is 0.00238. The van der Waals surface area contributed by atoms with E-state index in [-0.39, 0.29) is 51.2 Å². The Balaban J connectivity index is 4.13. The first-order valence-corrected chi connectivity index (χ1v) is 17.5. The number of carbonyl (C=O) groups excluding carboxylic acids is 3. The fourth-order valence-electron chi connectivity index (χ4n) is 4.73. The van der Waals surface area contributed by atoms with Gasteiger partial charge in [0.25, 0.3) is 0 Å². The summed E-state index contributed by atoms with van der Waals surface area (Å²) in [4.78, 5) is 56.6. The third-order valence-electron chi connectivity index (χ3n) is 7.55. The fraction of sp³-hybridized carbons (Fsp3) is 0.853. The second-order valence-corrected chi connectivity index (χ2v) is 11.7. The van der Waals surface area contributed by atoms with Gasteiger partial charge in [0, 0.05) is 25.7 Å². The quantitative estimate of drug-likeness (QED) is 0.0689. The smallest absolute Gasteiger partial charge is 0.320 e. The van der Waals surface area contributed by atoms with Gasteiger partial charge in [-0.25, -0.2) is 0 Å². The lowest BCUT2D eigenvalue weighted by molar-refractivity contribution is -0.139. The summed E-state index contributed by atoms with van der Waals surface area (Å²) in [6, 6.07) is -1.12. The number of hydrogen-bond acceptors (Lipinski definition) is 10. The number of Topliss-reactive ketones (excluding diaryl/α,β-unsaturated/α-hetero) is 1. The van der Waals surface area contributed by atoms with E-state index in [4.69, 9.17) is 34.9 Å². The van der Waals surface area contributed by atoms with Crippen molar-refractivity contribution in [2.24, 2.45) is 5.73 Å².